The molecule has 33 heavy (non-hydrogen) atoms. The summed E-state index contributed by atoms with van der Waals surface area (Å²) in [5.74, 6) is -0.463. The second-order valence-electron chi connectivity index (χ2n) is 7.42. The van der Waals surface area contributed by atoms with Crippen LogP contribution in [0.4, 0.5) is 0 Å². The van der Waals surface area contributed by atoms with Crippen molar-refractivity contribution in [1.82, 2.24) is 5.01 Å². The number of rotatable bonds is 5. The van der Waals surface area contributed by atoms with Gasteiger partial charge in [0.2, 0.25) is 5.17 Å². The van der Waals surface area contributed by atoms with Gasteiger partial charge in [0.05, 0.1) is 18.2 Å². The number of hydrogen-bond acceptors (Lipinski definition) is 7. The van der Waals surface area contributed by atoms with E-state index in [0.717, 1.165) is 5.04 Å². The number of aliphatic imine (C=N–C) groups is 1. The Hall–Kier alpha value is -3.43. The summed E-state index contributed by atoms with van der Waals surface area (Å²) in [5, 5.41) is 15.9. The number of halogens is 1. The fraction of sp³-hybridized carbons (Fsp3) is 0.174. The minimum Gasteiger partial charge on any atom is -0.493 e. The molecule has 0 aliphatic carbocycles. The molecule has 0 unspecified atom stereocenters. The van der Waals surface area contributed by atoms with E-state index in [1.165, 1.54) is 30.0 Å². The lowest BCUT2D eigenvalue weighted by Gasteiger charge is -2.20. The first-order valence-electron chi connectivity index (χ1n) is 9.92. The molecule has 2 aliphatic heterocycles. The first-order chi connectivity index (χ1) is 15.8. The predicted octanol–water partition coefficient (Wildman–Crippen LogP) is 4.84. The maximum atomic E-state index is 12.6. The third kappa shape index (κ3) is 4.69. The molecule has 2 heterocycles. The molecule has 1 amide bonds. The Morgan fingerprint density at radius 2 is 1.91 bits per heavy atom. The third-order valence-corrected chi connectivity index (χ3v) is 6.21. The lowest BCUT2D eigenvalue weighted by Crippen LogP contribution is -2.35. The molecule has 4 rings (SSSR count). The highest BCUT2D eigenvalue weighted by molar-refractivity contribution is 8.27. The molecular weight excluding hydrogens is 464 g/mol. The largest absolute Gasteiger partial charge is 0.493 e. The van der Waals surface area contributed by atoms with Gasteiger partial charge in [-0.2, -0.15) is 15.1 Å². The summed E-state index contributed by atoms with van der Waals surface area (Å²) in [6.45, 7) is 3.97. The van der Waals surface area contributed by atoms with E-state index in [-0.39, 0.29) is 23.1 Å². The summed E-state index contributed by atoms with van der Waals surface area (Å²) >= 11 is 7.15. The van der Waals surface area contributed by atoms with Crippen LogP contribution in [0.5, 0.6) is 11.5 Å². The number of nitrogens with zero attached hydrogens (tertiary/aromatic N) is 3. The van der Waals surface area contributed by atoms with Crippen LogP contribution in [0.25, 0.3) is 6.08 Å². The molecule has 0 spiro atoms. The predicted molar refractivity (Wildman–Crippen MR) is 129 cm³/mol. The van der Waals surface area contributed by atoms with Gasteiger partial charge in [-0.3, -0.25) is 10.2 Å². The lowest BCUT2D eigenvalue weighted by atomic mass is 10.1. The third-order valence-electron chi connectivity index (χ3n) is 4.75. The number of benzene rings is 2. The molecule has 0 saturated heterocycles. The SMILES string of the molecule is COc1cc(/C=C2/C(=N)N3N=C(C(C)C)SC3=NC2=O)ccc1OC(=O)c1ccc(Cl)cc1. The van der Waals surface area contributed by atoms with Crippen molar-refractivity contribution in [3.63, 3.8) is 0 Å². The van der Waals surface area contributed by atoms with Crippen molar-refractivity contribution in [1.29, 1.82) is 5.41 Å². The number of amides is 1. The maximum Gasteiger partial charge on any atom is 0.343 e. The summed E-state index contributed by atoms with van der Waals surface area (Å²) in [5.41, 5.74) is 1.01. The van der Waals surface area contributed by atoms with Gasteiger partial charge in [0.15, 0.2) is 17.3 Å². The number of methoxy groups -OCH3 is 1. The van der Waals surface area contributed by atoms with E-state index in [9.17, 15) is 9.59 Å². The molecule has 10 heteroatoms. The number of amidine groups is 2. The van der Waals surface area contributed by atoms with Crippen LogP contribution in [0.3, 0.4) is 0 Å². The molecule has 2 aromatic rings. The number of hydrogen-bond donors (Lipinski definition) is 1. The maximum absolute atomic E-state index is 12.6. The highest BCUT2D eigenvalue weighted by Gasteiger charge is 2.36. The van der Waals surface area contributed by atoms with Gasteiger partial charge in [0.1, 0.15) is 5.04 Å². The Morgan fingerprint density at radius 3 is 2.58 bits per heavy atom. The van der Waals surface area contributed by atoms with E-state index >= 15 is 0 Å². The van der Waals surface area contributed by atoms with Crippen LogP contribution >= 0.6 is 23.4 Å². The fourth-order valence-electron chi connectivity index (χ4n) is 3.01. The van der Waals surface area contributed by atoms with Crippen molar-refractivity contribution in [3.8, 4) is 11.5 Å². The Morgan fingerprint density at radius 1 is 1.18 bits per heavy atom. The van der Waals surface area contributed by atoms with Gasteiger partial charge in [0.25, 0.3) is 5.91 Å². The fourth-order valence-corrected chi connectivity index (χ4v) is 4.03. The van der Waals surface area contributed by atoms with Gasteiger partial charge < -0.3 is 9.47 Å². The number of fused-ring (bicyclic) bond motifs is 1. The second-order valence-corrected chi connectivity index (χ2v) is 8.84. The quantitative estimate of drug-likeness (QED) is 0.371. The van der Waals surface area contributed by atoms with Gasteiger partial charge in [0, 0.05) is 10.9 Å². The van der Waals surface area contributed by atoms with Gasteiger partial charge in [-0.15, -0.1) is 0 Å². The van der Waals surface area contributed by atoms with Crippen LogP contribution in [0.2, 0.25) is 5.02 Å². The van der Waals surface area contributed by atoms with Crippen molar-refractivity contribution in [2.45, 2.75) is 13.8 Å². The molecule has 2 aromatic carbocycles. The summed E-state index contributed by atoms with van der Waals surface area (Å²) in [4.78, 5) is 29.1. The number of ether oxygens (including phenoxy) is 2. The molecule has 168 valence electrons. The van der Waals surface area contributed by atoms with Crippen molar-refractivity contribution >= 4 is 57.4 Å². The summed E-state index contributed by atoms with van der Waals surface area (Å²) in [7, 11) is 1.44. The molecule has 0 aromatic heterocycles. The van der Waals surface area contributed by atoms with E-state index in [0.29, 0.717) is 27.1 Å². The van der Waals surface area contributed by atoms with E-state index in [1.54, 1.807) is 42.5 Å². The van der Waals surface area contributed by atoms with Crippen LogP contribution < -0.4 is 9.47 Å². The highest BCUT2D eigenvalue weighted by atomic mass is 35.5. The highest BCUT2D eigenvalue weighted by Crippen LogP contribution is 2.33. The Bertz CT molecular complexity index is 1250. The minimum absolute atomic E-state index is 0.0506. The number of thioether (sulfide) groups is 1. The van der Waals surface area contributed by atoms with Gasteiger partial charge in [-0.05, 0) is 59.8 Å². The van der Waals surface area contributed by atoms with Gasteiger partial charge in [-0.25, -0.2) is 4.79 Å². The van der Waals surface area contributed by atoms with E-state index in [4.69, 9.17) is 26.5 Å². The Balaban J connectivity index is 1.59. The monoisotopic (exact) mass is 482 g/mol. The topological polar surface area (TPSA) is 104 Å². The average molecular weight is 483 g/mol. The Labute approximate surface area is 199 Å². The van der Waals surface area contributed by atoms with E-state index in [2.05, 4.69) is 10.1 Å². The van der Waals surface area contributed by atoms with Crippen molar-refractivity contribution in [2.75, 3.05) is 7.11 Å². The number of nitrogens with one attached hydrogen (secondary N) is 1. The first kappa shape index (κ1) is 22.8. The Kier molecular flexibility index (Phi) is 6.35. The zero-order valence-electron chi connectivity index (χ0n) is 18.0. The zero-order valence-corrected chi connectivity index (χ0v) is 19.5. The molecule has 0 bridgehead atoms. The lowest BCUT2D eigenvalue weighted by molar-refractivity contribution is -0.114. The second kappa shape index (κ2) is 9.21. The number of hydrazone groups is 1. The number of carbonyl (C=O) groups is 2. The van der Waals surface area contributed by atoms with Gasteiger partial charge in [-0.1, -0.05) is 31.5 Å². The van der Waals surface area contributed by atoms with Crippen LogP contribution in [0.1, 0.15) is 29.8 Å². The summed E-state index contributed by atoms with van der Waals surface area (Å²) in [6.07, 6.45) is 1.53. The van der Waals surface area contributed by atoms with Crippen LogP contribution in [-0.2, 0) is 4.79 Å². The standard InChI is InChI=1S/C23H19ClN4O4S/c1-12(2)21-27-28-19(25)16(20(29)26-23(28)33-21)10-13-4-9-17(18(11-13)31-3)32-22(30)14-5-7-15(24)8-6-14/h4-12,25H,1-3H3/b16-10-,25-19?. The summed E-state index contributed by atoms with van der Waals surface area (Å²) < 4.78 is 10.8. The molecule has 2 aliphatic rings. The van der Waals surface area contributed by atoms with E-state index in [1.807, 2.05) is 13.8 Å². The molecule has 0 radical (unpaired) electrons. The minimum atomic E-state index is -0.562. The number of carbonyl (C=O) groups excluding carboxylic acids is 2. The molecule has 0 saturated carbocycles. The first-order valence-corrected chi connectivity index (χ1v) is 11.1. The smallest absolute Gasteiger partial charge is 0.343 e. The number of esters is 1. The summed E-state index contributed by atoms with van der Waals surface area (Å²) in [6, 6.07) is 11.2. The van der Waals surface area contributed by atoms with Crippen molar-refractivity contribution in [2.24, 2.45) is 16.0 Å². The molecular formula is C23H19ClN4O4S. The van der Waals surface area contributed by atoms with Gasteiger partial charge >= 0.3 is 5.97 Å². The molecule has 8 nitrogen and oxygen atoms in total. The van der Waals surface area contributed by atoms with Crippen LogP contribution in [0.15, 0.2) is 58.1 Å². The zero-order chi connectivity index (χ0) is 23.7. The van der Waals surface area contributed by atoms with Crippen molar-refractivity contribution in [3.05, 3.63) is 64.2 Å². The average Bonchev–Trinajstić information content (AvgIpc) is 3.22. The normalized spacial score (nSPS) is 16.6. The molecule has 0 atom stereocenters. The van der Waals surface area contributed by atoms with E-state index < -0.39 is 11.9 Å². The van der Waals surface area contributed by atoms with Crippen LogP contribution in [-0.4, -0.2) is 40.0 Å². The van der Waals surface area contributed by atoms with Crippen LogP contribution in [0, 0.1) is 11.3 Å². The molecule has 1 N–H and O–H groups in total. The molecule has 0 fully saturated rings. The van der Waals surface area contributed by atoms with Crippen molar-refractivity contribution < 1.29 is 19.1 Å².